The topological polar surface area (TPSA) is 66.4 Å². The molecule has 1 heterocycles. The highest BCUT2D eigenvalue weighted by Crippen LogP contribution is 2.44. The minimum atomic E-state index is -1.68. The molecular weight excluding hydrogens is 242 g/mol. The molecule has 3 rings (SSSR count). The van der Waals surface area contributed by atoms with Crippen LogP contribution in [0.2, 0.25) is 0 Å². The fraction of sp³-hybridized carbons (Fsp3) is 0.467. The number of ketones is 1. The summed E-state index contributed by atoms with van der Waals surface area (Å²) in [5.74, 6) is -1.07. The summed E-state index contributed by atoms with van der Waals surface area (Å²) in [6.07, 6.45) is 3.77. The standard InChI is InChI=1S/C15H17NO3/c17-13-9-3-1-2-7-11(13)15(19)10-6-4-5-8-12(10)16-14(15)18/h4-6,8,11,19H,1-3,7,9H2,(H,16,18)/t11-,15+/m1/s1. The Labute approximate surface area is 111 Å². The normalized spacial score (nSPS) is 30.7. The van der Waals surface area contributed by atoms with Gasteiger partial charge in [0.05, 0.1) is 5.92 Å². The Bertz CT molecular complexity index is 540. The number of benzene rings is 1. The Balaban J connectivity index is 2.06. The maximum atomic E-state index is 12.2. The van der Waals surface area contributed by atoms with E-state index in [-0.39, 0.29) is 5.78 Å². The zero-order valence-electron chi connectivity index (χ0n) is 10.7. The first kappa shape index (κ1) is 12.4. The Morgan fingerprint density at radius 3 is 2.79 bits per heavy atom. The molecule has 19 heavy (non-hydrogen) atoms. The molecule has 0 aromatic heterocycles. The molecule has 1 saturated carbocycles. The van der Waals surface area contributed by atoms with Crippen LogP contribution in [-0.2, 0) is 15.2 Å². The lowest BCUT2D eigenvalue weighted by Crippen LogP contribution is -2.45. The molecule has 0 bridgehead atoms. The smallest absolute Gasteiger partial charge is 0.261 e. The summed E-state index contributed by atoms with van der Waals surface area (Å²) in [5.41, 5.74) is -0.523. The van der Waals surface area contributed by atoms with Crippen LogP contribution in [0.4, 0.5) is 5.69 Å². The lowest BCUT2D eigenvalue weighted by Gasteiger charge is -2.29. The quantitative estimate of drug-likeness (QED) is 0.758. The van der Waals surface area contributed by atoms with Crippen molar-refractivity contribution in [3.63, 3.8) is 0 Å². The van der Waals surface area contributed by atoms with Crippen molar-refractivity contribution in [1.29, 1.82) is 0 Å². The van der Waals surface area contributed by atoms with E-state index >= 15 is 0 Å². The van der Waals surface area contributed by atoms with Gasteiger partial charge in [0.2, 0.25) is 0 Å². The highest BCUT2D eigenvalue weighted by Gasteiger charge is 2.53. The van der Waals surface area contributed by atoms with Crippen LogP contribution in [0.3, 0.4) is 0 Å². The van der Waals surface area contributed by atoms with Crippen molar-refractivity contribution in [2.45, 2.75) is 37.7 Å². The van der Waals surface area contributed by atoms with Crippen molar-refractivity contribution < 1.29 is 14.7 Å². The molecule has 0 radical (unpaired) electrons. The van der Waals surface area contributed by atoms with Gasteiger partial charge in [-0.2, -0.15) is 0 Å². The predicted molar refractivity (Wildman–Crippen MR) is 70.6 cm³/mol. The van der Waals surface area contributed by atoms with Gasteiger partial charge in [0.15, 0.2) is 5.60 Å². The SMILES string of the molecule is O=C1CCCCC[C@H]1[C@]1(O)C(=O)Nc2ccccc21. The number of fused-ring (bicyclic) bond motifs is 1. The van der Waals surface area contributed by atoms with E-state index in [1.165, 1.54) is 0 Å². The van der Waals surface area contributed by atoms with Crippen LogP contribution in [0.1, 0.15) is 37.7 Å². The minimum absolute atomic E-state index is 0.00635. The number of para-hydroxylation sites is 1. The highest BCUT2D eigenvalue weighted by atomic mass is 16.3. The lowest BCUT2D eigenvalue weighted by atomic mass is 9.77. The van der Waals surface area contributed by atoms with Crippen molar-refractivity contribution in [2.24, 2.45) is 5.92 Å². The van der Waals surface area contributed by atoms with E-state index in [1.807, 2.05) is 0 Å². The van der Waals surface area contributed by atoms with E-state index < -0.39 is 17.4 Å². The van der Waals surface area contributed by atoms with Gasteiger partial charge in [-0.3, -0.25) is 9.59 Å². The van der Waals surface area contributed by atoms with Gasteiger partial charge in [0.25, 0.3) is 5.91 Å². The number of anilines is 1. The zero-order chi connectivity index (χ0) is 13.5. The molecule has 2 atom stereocenters. The summed E-state index contributed by atoms with van der Waals surface area (Å²) in [6.45, 7) is 0. The number of Topliss-reactive ketones (excluding diaryl/α,β-unsaturated/α-hetero) is 1. The van der Waals surface area contributed by atoms with Gasteiger partial charge in [-0.15, -0.1) is 0 Å². The number of aliphatic hydroxyl groups is 1. The van der Waals surface area contributed by atoms with Gasteiger partial charge in [-0.25, -0.2) is 0 Å². The molecule has 1 aliphatic carbocycles. The van der Waals surface area contributed by atoms with E-state index in [0.717, 1.165) is 19.3 Å². The number of carbonyl (C=O) groups is 2. The Hall–Kier alpha value is -1.68. The van der Waals surface area contributed by atoms with Gasteiger partial charge < -0.3 is 10.4 Å². The number of carbonyl (C=O) groups excluding carboxylic acids is 2. The average molecular weight is 259 g/mol. The van der Waals surface area contributed by atoms with Crippen LogP contribution in [-0.4, -0.2) is 16.8 Å². The molecule has 0 unspecified atom stereocenters. The summed E-state index contributed by atoms with van der Waals surface area (Å²) in [5, 5.41) is 13.6. The summed E-state index contributed by atoms with van der Waals surface area (Å²) in [7, 11) is 0. The lowest BCUT2D eigenvalue weighted by molar-refractivity contribution is -0.148. The van der Waals surface area contributed by atoms with Crippen molar-refractivity contribution in [3.05, 3.63) is 29.8 Å². The van der Waals surface area contributed by atoms with Gasteiger partial charge >= 0.3 is 0 Å². The second-order valence-electron chi connectivity index (χ2n) is 5.38. The Morgan fingerprint density at radius 2 is 1.95 bits per heavy atom. The second-order valence-corrected chi connectivity index (χ2v) is 5.38. The molecule has 1 aromatic carbocycles. The molecule has 100 valence electrons. The summed E-state index contributed by atoms with van der Waals surface area (Å²) >= 11 is 0. The Kier molecular flexibility index (Phi) is 2.90. The third-order valence-electron chi connectivity index (χ3n) is 4.24. The first-order valence-electron chi connectivity index (χ1n) is 6.80. The van der Waals surface area contributed by atoms with E-state index in [4.69, 9.17) is 0 Å². The fourth-order valence-electron chi connectivity index (χ4n) is 3.21. The fourth-order valence-corrected chi connectivity index (χ4v) is 3.21. The highest BCUT2D eigenvalue weighted by molar-refractivity contribution is 6.07. The average Bonchev–Trinajstić information content (AvgIpc) is 2.56. The van der Waals surface area contributed by atoms with E-state index in [1.54, 1.807) is 24.3 Å². The molecule has 1 aliphatic heterocycles. The molecule has 1 amide bonds. The molecule has 1 fully saturated rings. The third kappa shape index (κ3) is 1.78. The maximum absolute atomic E-state index is 12.2. The number of hydrogen-bond donors (Lipinski definition) is 2. The van der Waals surface area contributed by atoms with Crippen LogP contribution in [0, 0.1) is 5.92 Å². The van der Waals surface area contributed by atoms with E-state index in [0.29, 0.717) is 24.1 Å². The van der Waals surface area contributed by atoms with Crippen LogP contribution >= 0.6 is 0 Å². The zero-order valence-corrected chi connectivity index (χ0v) is 10.7. The van der Waals surface area contributed by atoms with Gasteiger partial charge in [0.1, 0.15) is 5.78 Å². The maximum Gasteiger partial charge on any atom is 0.261 e. The van der Waals surface area contributed by atoms with Crippen molar-refractivity contribution in [2.75, 3.05) is 5.32 Å². The molecule has 4 nitrogen and oxygen atoms in total. The predicted octanol–water partition coefficient (Wildman–Crippen LogP) is 1.98. The summed E-state index contributed by atoms with van der Waals surface area (Å²) in [4.78, 5) is 24.4. The third-order valence-corrected chi connectivity index (χ3v) is 4.24. The number of hydrogen-bond acceptors (Lipinski definition) is 3. The first-order chi connectivity index (χ1) is 9.14. The molecule has 2 N–H and O–H groups in total. The summed E-state index contributed by atoms with van der Waals surface area (Å²) < 4.78 is 0. The number of rotatable bonds is 1. The largest absolute Gasteiger partial charge is 0.375 e. The van der Waals surface area contributed by atoms with Crippen molar-refractivity contribution >= 4 is 17.4 Å². The van der Waals surface area contributed by atoms with Crippen LogP contribution in [0.15, 0.2) is 24.3 Å². The molecule has 4 heteroatoms. The van der Waals surface area contributed by atoms with E-state index in [9.17, 15) is 14.7 Å². The van der Waals surface area contributed by atoms with Crippen molar-refractivity contribution in [1.82, 2.24) is 0 Å². The van der Waals surface area contributed by atoms with Crippen LogP contribution in [0.5, 0.6) is 0 Å². The first-order valence-corrected chi connectivity index (χ1v) is 6.80. The van der Waals surface area contributed by atoms with Crippen LogP contribution in [0.25, 0.3) is 0 Å². The monoisotopic (exact) mass is 259 g/mol. The summed E-state index contributed by atoms with van der Waals surface area (Å²) in [6, 6.07) is 7.07. The van der Waals surface area contributed by atoms with Crippen LogP contribution < -0.4 is 5.32 Å². The van der Waals surface area contributed by atoms with E-state index in [2.05, 4.69) is 5.32 Å². The molecule has 2 aliphatic rings. The number of amides is 1. The van der Waals surface area contributed by atoms with Gasteiger partial charge in [-0.05, 0) is 18.9 Å². The molecule has 0 spiro atoms. The Morgan fingerprint density at radius 1 is 1.16 bits per heavy atom. The number of nitrogens with one attached hydrogen (secondary N) is 1. The molecule has 0 saturated heterocycles. The van der Waals surface area contributed by atoms with Gasteiger partial charge in [-0.1, -0.05) is 31.0 Å². The van der Waals surface area contributed by atoms with Crippen molar-refractivity contribution in [3.8, 4) is 0 Å². The minimum Gasteiger partial charge on any atom is -0.375 e. The van der Waals surface area contributed by atoms with Gasteiger partial charge in [0, 0.05) is 17.7 Å². The molecule has 1 aromatic rings. The second kappa shape index (κ2) is 4.46. The molecular formula is C15H17NO3.